The molecule has 0 aliphatic heterocycles. The molecule has 1 heterocycles. The summed E-state index contributed by atoms with van der Waals surface area (Å²) in [6.45, 7) is 1.72. The fourth-order valence-electron chi connectivity index (χ4n) is 4.30. The number of carbonyl (C=O) groups is 4. The summed E-state index contributed by atoms with van der Waals surface area (Å²) in [5.74, 6) is -3.07. The molecule has 1 atom stereocenters. The number of para-hydroxylation sites is 1. The van der Waals surface area contributed by atoms with Crippen molar-refractivity contribution in [1.29, 1.82) is 0 Å². The van der Waals surface area contributed by atoms with Crippen molar-refractivity contribution in [3.63, 3.8) is 0 Å². The van der Waals surface area contributed by atoms with Crippen LogP contribution in [0.5, 0.6) is 5.75 Å². The van der Waals surface area contributed by atoms with Gasteiger partial charge in [0.15, 0.2) is 0 Å². The Morgan fingerprint density at radius 1 is 0.692 bits per heavy atom. The number of ether oxygens (including phenoxy) is 1. The molecule has 4 aromatic carbocycles. The second-order valence-electron chi connectivity index (χ2n) is 10.9. The van der Waals surface area contributed by atoms with Gasteiger partial charge in [-0.1, -0.05) is 116 Å². The quantitative estimate of drug-likeness (QED) is 0.0787. The van der Waals surface area contributed by atoms with Gasteiger partial charge in [0.05, 0.1) is 25.0 Å². The van der Waals surface area contributed by atoms with Gasteiger partial charge in [0, 0.05) is 24.0 Å². The van der Waals surface area contributed by atoms with E-state index >= 15 is 0 Å². The molecule has 0 amide bonds. The van der Waals surface area contributed by atoms with Gasteiger partial charge in [-0.3, -0.25) is 14.6 Å². The van der Waals surface area contributed by atoms with E-state index in [-0.39, 0.29) is 12.3 Å². The van der Waals surface area contributed by atoms with Gasteiger partial charge in [0.25, 0.3) is 0 Å². The summed E-state index contributed by atoms with van der Waals surface area (Å²) >= 11 is 0. The molecular weight excluding hydrogens is 662 g/mol. The summed E-state index contributed by atoms with van der Waals surface area (Å²) in [5.41, 5.74) is 4.51. The molecule has 1 unspecified atom stereocenters. The average Bonchev–Trinajstić information content (AvgIpc) is 3.15. The number of pyridine rings is 1. The SMILES string of the molecule is CC(Cc1ccccc1)C(=O)O.COc1ccccc1C=CC(=O)O.O=C(O)C(=Cc1ccccc1)c1ccccc1.O=C(O)Cc1ccncc1. The van der Waals surface area contributed by atoms with Crippen LogP contribution in [0, 0.1) is 5.92 Å². The molecule has 1 aromatic heterocycles. The number of carboxylic acids is 4. The Morgan fingerprint density at radius 2 is 1.23 bits per heavy atom. The minimum atomic E-state index is -0.967. The Balaban J connectivity index is 0.000000245. The number of hydrogen-bond acceptors (Lipinski definition) is 6. The van der Waals surface area contributed by atoms with E-state index in [9.17, 15) is 24.3 Å². The first-order chi connectivity index (χ1) is 25.0. The molecule has 0 saturated carbocycles. The fraction of sp³-hybridized carbons (Fsp3) is 0.119. The number of benzene rings is 4. The molecule has 10 heteroatoms. The maximum absolute atomic E-state index is 11.2. The van der Waals surface area contributed by atoms with Gasteiger partial charge in [0.1, 0.15) is 5.75 Å². The van der Waals surface area contributed by atoms with Gasteiger partial charge < -0.3 is 25.2 Å². The minimum Gasteiger partial charge on any atom is -0.496 e. The molecule has 268 valence electrons. The summed E-state index contributed by atoms with van der Waals surface area (Å²) in [6, 6.07) is 38.8. The van der Waals surface area contributed by atoms with Crippen LogP contribution in [0.25, 0.3) is 17.7 Å². The van der Waals surface area contributed by atoms with Crippen molar-refractivity contribution in [1.82, 2.24) is 4.98 Å². The van der Waals surface area contributed by atoms with E-state index in [1.807, 2.05) is 91.0 Å². The Kier molecular flexibility index (Phi) is 18.7. The van der Waals surface area contributed by atoms with E-state index in [2.05, 4.69) is 4.98 Å². The van der Waals surface area contributed by atoms with Gasteiger partial charge in [-0.15, -0.1) is 0 Å². The highest BCUT2D eigenvalue weighted by atomic mass is 16.5. The molecule has 4 N–H and O–H groups in total. The zero-order valence-corrected chi connectivity index (χ0v) is 28.8. The third-order valence-corrected chi connectivity index (χ3v) is 6.88. The van der Waals surface area contributed by atoms with Gasteiger partial charge in [-0.05, 0) is 59.0 Å². The zero-order valence-electron chi connectivity index (χ0n) is 28.8. The predicted octanol–water partition coefficient (Wildman–Crippen LogP) is 7.76. The Hall–Kier alpha value is -6.81. The van der Waals surface area contributed by atoms with E-state index in [1.54, 1.807) is 68.9 Å². The molecule has 0 spiro atoms. The number of aromatic nitrogens is 1. The van der Waals surface area contributed by atoms with Crippen molar-refractivity contribution < 1.29 is 44.3 Å². The second kappa shape index (κ2) is 23.5. The van der Waals surface area contributed by atoms with Crippen LogP contribution in [0.4, 0.5) is 0 Å². The molecule has 0 aliphatic carbocycles. The summed E-state index contributed by atoms with van der Waals surface area (Å²) in [5, 5.41) is 34.6. The molecule has 10 nitrogen and oxygen atoms in total. The second-order valence-corrected chi connectivity index (χ2v) is 10.9. The van der Waals surface area contributed by atoms with Crippen molar-refractivity contribution in [2.75, 3.05) is 7.11 Å². The summed E-state index contributed by atoms with van der Waals surface area (Å²) in [7, 11) is 1.55. The van der Waals surface area contributed by atoms with E-state index in [1.165, 1.54) is 6.08 Å². The van der Waals surface area contributed by atoms with Crippen LogP contribution < -0.4 is 4.74 Å². The Morgan fingerprint density at radius 3 is 1.75 bits per heavy atom. The van der Waals surface area contributed by atoms with Gasteiger partial charge in [0.2, 0.25) is 0 Å². The van der Waals surface area contributed by atoms with Crippen molar-refractivity contribution in [2.45, 2.75) is 19.8 Å². The van der Waals surface area contributed by atoms with Gasteiger partial charge >= 0.3 is 23.9 Å². The third-order valence-electron chi connectivity index (χ3n) is 6.88. The highest BCUT2D eigenvalue weighted by Crippen LogP contribution is 2.19. The van der Waals surface area contributed by atoms with Crippen LogP contribution in [-0.2, 0) is 32.0 Å². The van der Waals surface area contributed by atoms with E-state index < -0.39 is 23.9 Å². The normalized spacial score (nSPS) is 10.8. The number of methoxy groups -OCH3 is 1. The predicted molar refractivity (Wildman–Crippen MR) is 201 cm³/mol. The summed E-state index contributed by atoms with van der Waals surface area (Å²) < 4.78 is 5.03. The van der Waals surface area contributed by atoms with Crippen LogP contribution in [0.3, 0.4) is 0 Å². The van der Waals surface area contributed by atoms with Crippen LogP contribution in [0.15, 0.2) is 146 Å². The summed E-state index contributed by atoms with van der Waals surface area (Å²) in [6.07, 6.45) is 8.10. The smallest absolute Gasteiger partial charge is 0.336 e. The van der Waals surface area contributed by atoms with Crippen LogP contribution >= 0.6 is 0 Å². The molecule has 0 aliphatic rings. The molecule has 0 saturated heterocycles. The first kappa shape index (κ1) is 41.4. The maximum atomic E-state index is 11.2. The number of hydrogen-bond donors (Lipinski definition) is 4. The highest BCUT2D eigenvalue weighted by Gasteiger charge is 2.11. The van der Waals surface area contributed by atoms with E-state index in [0.29, 0.717) is 23.3 Å². The lowest BCUT2D eigenvalue weighted by molar-refractivity contribution is -0.141. The number of nitrogens with zero attached hydrogens (tertiary/aromatic N) is 1. The van der Waals surface area contributed by atoms with Crippen molar-refractivity contribution in [3.05, 3.63) is 174 Å². The lowest BCUT2D eigenvalue weighted by Gasteiger charge is -2.04. The number of aliphatic carboxylic acids is 4. The lowest BCUT2D eigenvalue weighted by atomic mass is 10.0. The lowest BCUT2D eigenvalue weighted by Crippen LogP contribution is -2.11. The standard InChI is InChI=1S/C15H12O2.C10H10O3.C10H12O2.C7H7NO2/c16-15(17)14(13-9-5-2-6-10-13)11-12-7-3-1-4-8-12;1-13-9-5-3-2-4-8(9)6-7-10(11)12;1-8(10(11)12)7-9-5-3-2-4-6-9;9-7(10)5-6-1-3-8-4-2-6/h1-11H,(H,16,17);2-7H,1H3,(H,11,12);2-6,8H,7H2,1H3,(H,11,12);1-4H,5H2,(H,9,10). The van der Waals surface area contributed by atoms with E-state index in [4.69, 9.17) is 20.1 Å². The first-order valence-electron chi connectivity index (χ1n) is 16.0. The van der Waals surface area contributed by atoms with Crippen molar-refractivity contribution in [2.24, 2.45) is 5.92 Å². The number of rotatable bonds is 11. The highest BCUT2D eigenvalue weighted by molar-refractivity contribution is 6.20. The first-order valence-corrected chi connectivity index (χ1v) is 16.0. The molecule has 0 radical (unpaired) electrons. The van der Waals surface area contributed by atoms with Crippen LogP contribution in [0.2, 0.25) is 0 Å². The molecular formula is C42H41NO9. The molecule has 5 rings (SSSR count). The van der Waals surface area contributed by atoms with Gasteiger partial charge in [-0.25, -0.2) is 9.59 Å². The molecule has 52 heavy (non-hydrogen) atoms. The molecule has 0 fully saturated rings. The maximum Gasteiger partial charge on any atom is 0.336 e. The van der Waals surface area contributed by atoms with Crippen LogP contribution in [-0.4, -0.2) is 56.4 Å². The molecule has 0 bridgehead atoms. The van der Waals surface area contributed by atoms with Gasteiger partial charge in [-0.2, -0.15) is 0 Å². The zero-order chi connectivity index (χ0) is 38.1. The number of carboxylic acid groups (broad SMARTS) is 4. The van der Waals surface area contributed by atoms with Crippen molar-refractivity contribution in [3.8, 4) is 5.75 Å². The topological polar surface area (TPSA) is 171 Å². The molecule has 5 aromatic rings. The Bertz CT molecular complexity index is 1880. The van der Waals surface area contributed by atoms with Crippen LogP contribution in [0.1, 0.15) is 34.7 Å². The largest absolute Gasteiger partial charge is 0.496 e. The fourth-order valence-corrected chi connectivity index (χ4v) is 4.30. The van der Waals surface area contributed by atoms with E-state index in [0.717, 1.165) is 28.3 Å². The summed E-state index contributed by atoms with van der Waals surface area (Å²) in [4.78, 5) is 45.9. The third kappa shape index (κ3) is 17.0. The average molecular weight is 704 g/mol. The minimum absolute atomic E-state index is 0.0719. The monoisotopic (exact) mass is 703 g/mol. The Labute approximate surface area is 302 Å². The van der Waals surface area contributed by atoms with Crippen molar-refractivity contribution >= 4 is 41.6 Å².